The number of urea groups is 1. The summed E-state index contributed by atoms with van der Waals surface area (Å²) in [6.07, 6.45) is 1.41. The first-order chi connectivity index (χ1) is 17.4. The molecule has 4 aromatic carbocycles. The molecule has 4 aromatic rings. The van der Waals surface area contributed by atoms with Crippen LogP contribution in [-0.2, 0) is 16.2 Å². The van der Waals surface area contributed by atoms with E-state index in [4.69, 9.17) is 27.9 Å². The molecule has 5 rings (SSSR count). The predicted molar refractivity (Wildman–Crippen MR) is 140 cm³/mol. The van der Waals surface area contributed by atoms with Crippen LogP contribution in [0.4, 0.5) is 10.5 Å². The van der Waals surface area contributed by atoms with Crippen molar-refractivity contribution < 1.29 is 19.1 Å². The Labute approximate surface area is 216 Å². The number of carbonyl (C=O) groups is 3. The summed E-state index contributed by atoms with van der Waals surface area (Å²) in [6, 6.07) is 24.5. The van der Waals surface area contributed by atoms with Gasteiger partial charge in [-0.25, -0.2) is 9.69 Å². The molecule has 36 heavy (non-hydrogen) atoms. The Morgan fingerprint density at radius 2 is 1.58 bits per heavy atom. The Bertz CT molecular complexity index is 1560. The van der Waals surface area contributed by atoms with E-state index in [9.17, 15) is 14.4 Å². The maximum atomic E-state index is 13.2. The first-order valence-electron chi connectivity index (χ1n) is 11.0. The monoisotopic (exact) mass is 516 g/mol. The van der Waals surface area contributed by atoms with Crippen LogP contribution in [0.15, 0.2) is 90.5 Å². The molecule has 8 heteroatoms. The van der Waals surface area contributed by atoms with E-state index in [1.807, 2.05) is 42.5 Å². The molecule has 0 atom stereocenters. The lowest BCUT2D eigenvalue weighted by molar-refractivity contribution is -0.122. The van der Waals surface area contributed by atoms with E-state index < -0.39 is 17.8 Å². The number of carbonyl (C=O) groups excluding carboxylic acids is 3. The highest BCUT2D eigenvalue weighted by atomic mass is 35.5. The summed E-state index contributed by atoms with van der Waals surface area (Å²) in [5.41, 5.74) is 1.48. The zero-order chi connectivity index (χ0) is 25.2. The third kappa shape index (κ3) is 4.56. The van der Waals surface area contributed by atoms with Gasteiger partial charge in [-0.1, -0.05) is 83.9 Å². The summed E-state index contributed by atoms with van der Waals surface area (Å²) in [5.74, 6) is -1.10. The summed E-state index contributed by atoms with van der Waals surface area (Å²) in [5, 5.41) is 4.83. The Morgan fingerprint density at radius 3 is 2.42 bits per heavy atom. The minimum Gasteiger partial charge on any atom is -0.488 e. The topological polar surface area (TPSA) is 75.7 Å². The first kappa shape index (κ1) is 23.6. The third-order valence-corrected chi connectivity index (χ3v) is 6.48. The number of para-hydroxylation sites is 1. The summed E-state index contributed by atoms with van der Waals surface area (Å²) >= 11 is 12.0. The van der Waals surface area contributed by atoms with E-state index >= 15 is 0 Å². The Hall–Kier alpha value is -4.13. The predicted octanol–water partition coefficient (Wildman–Crippen LogP) is 6.39. The molecule has 0 aromatic heterocycles. The van der Waals surface area contributed by atoms with E-state index in [0.29, 0.717) is 11.3 Å². The van der Waals surface area contributed by atoms with Crippen LogP contribution >= 0.6 is 23.2 Å². The SMILES string of the molecule is O=C1NC(=O)N(c2ccc(Cl)c(Cl)c2)C(=O)/C1=C/c1ccccc1OCc1cccc2ccccc12. The second-order valence-electron chi connectivity index (χ2n) is 8.02. The first-order valence-corrected chi connectivity index (χ1v) is 11.7. The molecule has 0 bridgehead atoms. The van der Waals surface area contributed by atoms with Gasteiger partial charge in [0, 0.05) is 5.56 Å². The van der Waals surface area contributed by atoms with Crippen molar-refractivity contribution in [1.29, 1.82) is 0 Å². The van der Waals surface area contributed by atoms with Crippen LogP contribution in [-0.4, -0.2) is 17.8 Å². The summed E-state index contributed by atoms with van der Waals surface area (Å²) in [6.45, 7) is 0.287. The Morgan fingerprint density at radius 1 is 0.833 bits per heavy atom. The van der Waals surface area contributed by atoms with Gasteiger partial charge >= 0.3 is 6.03 Å². The molecule has 0 saturated carbocycles. The number of barbiturate groups is 1. The highest BCUT2D eigenvalue weighted by Crippen LogP contribution is 2.30. The molecule has 0 unspecified atom stereocenters. The normalized spacial score (nSPS) is 14.9. The zero-order valence-corrected chi connectivity index (χ0v) is 20.2. The number of hydrogen-bond donors (Lipinski definition) is 1. The molecular formula is C28H18Cl2N2O4. The fourth-order valence-corrected chi connectivity index (χ4v) is 4.27. The molecule has 1 fully saturated rings. The van der Waals surface area contributed by atoms with Gasteiger partial charge in [0.25, 0.3) is 11.8 Å². The van der Waals surface area contributed by atoms with E-state index in [2.05, 4.69) is 5.32 Å². The van der Waals surface area contributed by atoms with E-state index in [1.54, 1.807) is 24.3 Å². The summed E-state index contributed by atoms with van der Waals surface area (Å²) in [4.78, 5) is 39.2. The van der Waals surface area contributed by atoms with Crippen molar-refractivity contribution in [1.82, 2.24) is 5.32 Å². The van der Waals surface area contributed by atoms with Gasteiger partial charge in [0.15, 0.2) is 0 Å². The van der Waals surface area contributed by atoms with Gasteiger partial charge < -0.3 is 4.74 Å². The fraction of sp³-hybridized carbons (Fsp3) is 0.0357. The largest absolute Gasteiger partial charge is 0.488 e. The van der Waals surface area contributed by atoms with Crippen molar-refractivity contribution in [3.63, 3.8) is 0 Å². The smallest absolute Gasteiger partial charge is 0.335 e. The molecule has 4 amide bonds. The van der Waals surface area contributed by atoms with E-state index in [-0.39, 0.29) is 27.9 Å². The van der Waals surface area contributed by atoms with Crippen LogP contribution in [0.3, 0.4) is 0 Å². The number of nitrogens with one attached hydrogen (secondary N) is 1. The van der Waals surface area contributed by atoms with Crippen LogP contribution in [0.2, 0.25) is 10.0 Å². The average molecular weight is 517 g/mol. The molecule has 0 aliphatic carbocycles. The van der Waals surface area contributed by atoms with Crippen molar-refractivity contribution in [3.8, 4) is 5.75 Å². The van der Waals surface area contributed by atoms with E-state index in [0.717, 1.165) is 21.2 Å². The van der Waals surface area contributed by atoms with Crippen LogP contribution in [0.1, 0.15) is 11.1 Å². The van der Waals surface area contributed by atoms with Gasteiger partial charge in [0.05, 0.1) is 15.7 Å². The number of anilines is 1. The number of benzene rings is 4. The number of fused-ring (bicyclic) bond motifs is 1. The van der Waals surface area contributed by atoms with Crippen LogP contribution in [0, 0.1) is 0 Å². The van der Waals surface area contributed by atoms with Gasteiger partial charge in [-0.05, 0) is 46.7 Å². The maximum absolute atomic E-state index is 13.2. The van der Waals surface area contributed by atoms with Crippen LogP contribution in [0.25, 0.3) is 16.8 Å². The number of imide groups is 2. The minimum absolute atomic E-state index is 0.171. The molecule has 1 aliphatic rings. The van der Waals surface area contributed by atoms with Crippen molar-refractivity contribution in [2.24, 2.45) is 0 Å². The summed E-state index contributed by atoms with van der Waals surface area (Å²) < 4.78 is 6.10. The molecule has 6 nitrogen and oxygen atoms in total. The third-order valence-electron chi connectivity index (χ3n) is 5.75. The number of ether oxygens (including phenoxy) is 1. The van der Waals surface area contributed by atoms with Crippen molar-refractivity contribution in [2.75, 3.05) is 4.90 Å². The van der Waals surface area contributed by atoms with Gasteiger partial charge in [0.2, 0.25) is 0 Å². The maximum Gasteiger partial charge on any atom is 0.335 e. The van der Waals surface area contributed by atoms with Crippen LogP contribution in [0.5, 0.6) is 5.75 Å². The molecule has 0 spiro atoms. The lowest BCUT2D eigenvalue weighted by atomic mass is 10.0. The molecule has 1 N–H and O–H groups in total. The second kappa shape index (κ2) is 9.85. The standard InChI is InChI=1S/C28H18Cl2N2O4/c29-23-13-12-20(15-24(23)30)32-27(34)22(26(33)31-28(32)35)14-18-7-2-4-11-25(18)36-16-19-9-5-8-17-6-1-3-10-21(17)19/h1-15H,16H2,(H,31,33,35)/b22-14+. The Balaban J connectivity index is 1.46. The molecule has 0 radical (unpaired) electrons. The Kier molecular flexibility index (Phi) is 6.46. The van der Waals surface area contributed by atoms with Gasteiger partial charge in [-0.3, -0.25) is 14.9 Å². The molecule has 178 valence electrons. The fourth-order valence-electron chi connectivity index (χ4n) is 3.98. The summed E-state index contributed by atoms with van der Waals surface area (Å²) in [7, 11) is 0. The lowest BCUT2D eigenvalue weighted by Gasteiger charge is -2.26. The number of halogens is 2. The highest BCUT2D eigenvalue weighted by molar-refractivity contribution is 6.43. The highest BCUT2D eigenvalue weighted by Gasteiger charge is 2.37. The molecule has 1 heterocycles. The van der Waals surface area contributed by atoms with E-state index in [1.165, 1.54) is 24.3 Å². The quantitative estimate of drug-likeness (QED) is 0.246. The van der Waals surface area contributed by atoms with Crippen LogP contribution < -0.4 is 15.0 Å². The minimum atomic E-state index is -0.874. The number of nitrogens with zero attached hydrogens (tertiary/aromatic N) is 1. The van der Waals surface area contributed by atoms with Gasteiger partial charge in [0.1, 0.15) is 17.9 Å². The van der Waals surface area contributed by atoms with Crippen molar-refractivity contribution in [2.45, 2.75) is 6.61 Å². The molecule has 1 aliphatic heterocycles. The number of hydrogen-bond acceptors (Lipinski definition) is 4. The zero-order valence-electron chi connectivity index (χ0n) is 18.7. The van der Waals surface area contributed by atoms with Crippen molar-refractivity contribution in [3.05, 3.63) is 112 Å². The molecular weight excluding hydrogens is 499 g/mol. The van der Waals surface area contributed by atoms with Gasteiger partial charge in [-0.15, -0.1) is 0 Å². The second-order valence-corrected chi connectivity index (χ2v) is 8.84. The van der Waals surface area contributed by atoms with Gasteiger partial charge in [-0.2, -0.15) is 0 Å². The number of amides is 4. The lowest BCUT2D eigenvalue weighted by Crippen LogP contribution is -2.54. The number of rotatable bonds is 5. The molecule has 1 saturated heterocycles. The van der Waals surface area contributed by atoms with Crippen molar-refractivity contribution >= 4 is 63.6 Å². The average Bonchev–Trinajstić information content (AvgIpc) is 2.88.